The van der Waals surface area contributed by atoms with E-state index in [0.29, 0.717) is 22.3 Å². The van der Waals surface area contributed by atoms with Gasteiger partial charge in [0.25, 0.3) is 5.91 Å². The number of esters is 1. The lowest BCUT2D eigenvalue weighted by molar-refractivity contribution is -0.123. The van der Waals surface area contributed by atoms with Crippen LogP contribution in [0.2, 0.25) is 0 Å². The number of hydrogen-bond donors (Lipinski definition) is 1. The minimum Gasteiger partial charge on any atom is -0.449 e. The van der Waals surface area contributed by atoms with Gasteiger partial charge in [0.1, 0.15) is 0 Å². The maximum absolute atomic E-state index is 12.4. The molecule has 0 saturated carbocycles. The van der Waals surface area contributed by atoms with Crippen LogP contribution in [0.15, 0.2) is 46.9 Å². The topological polar surface area (TPSA) is 81.2 Å². The van der Waals surface area contributed by atoms with Crippen LogP contribution in [-0.4, -0.2) is 27.9 Å². The summed E-state index contributed by atoms with van der Waals surface area (Å²) in [7, 11) is 0. The van der Waals surface area contributed by atoms with Crippen LogP contribution in [-0.2, 0) is 9.53 Å². The van der Waals surface area contributed by atoms with Crippen molar-refractivity contribution >= 4 is 44.5 Å². The van der Waals surface area contributed by atoms with Crippen LogP contribution in [0.25, 0.3) is 11.0 Å². The van der Waals surface area contributed by atoms with E-state index in [-0.39, 0.29) is 0 Å². The summed E-state index contributed by atoms with van der Waals surface area (Å²) in [5.41, 5.74) is 3.91. The summed E-state index contributed by atoms with van der Waals surface area (Å²) in [5, 5.41) is 2.71. The number of nitrogens with one attached hydrogen (secondary N) is 1. The van der Waals surface area contributed by atoms with Gasteiger partial charge in [0.15, 0.2) is 6.10 Å². The highest BCUT2D eigenvalue weighted by molar-refractivity contribution is 9.10. The molecule has 27 heavy (non-hydrogen) atoms. The molecule has 0 aliphatic carbocycles. The summed E-state index contributed by atoms with van der Waals surface area (Å²) in [6.07, 6.45) is -0.942. The van der Waals surface area contributed by atoms with E-state index in [2.05, 4.69) is 31.2 Å². The zero-order chi connectivity index (χ0) is 19.6. The molecule has 1 amide bonds. The molecule has 0 saturated heterocycles. The van der Waals surface area contributed by atoms with Crippen LogP contribution in [0.5, 0.6) is 0 Å². The van der Waals surface area contributed by atoms with Crippen molar-refractivity contribution in [3.05, 3.63) is 63.9 Å². The van der Waals surface area contributed by atoms with Crippen molar-refractivity contribution in [1.29, 1.82) is 0 Å². The number of carbonyl (C=O) groups is 2. The Hall–Kier alpha value is -2.80. The van der Waals surface area contributed by atoms with Crippen LogP contribution >= 0.6 is 15.9 Å². The number of fused-ring (bicyclic) bond motifs is 1. The van der Waals surface area contributed by atoms with Gasteiger partial charge in [-0.25, -0.2) is 14.8 Å². The maximum atomic E-state index is 12.4. The van der Waals surface area contributed by atoms with Gasteiger partial charge < -0.3 is 10.1 Å². The summed E-state index contributed by atoms with van der Waals surface area (Å²) >= 11 is 3.33. The Kier molecular flexibility index (Phi) is 5.51. The smallest absolute Gasteiger partial charge is 0.338 e. The fourth-order valence-electron chi connectivity index (χ4n) is 2.42. The molecule has 6 nitrogen and oxygen atoms in total. The molecule has 0 bridgehead atoms. The lowest BCUT2D eigenvalue weighted by Crippen LogP contribution is -2.30. The number of rotatable bonds is 4. The van der Waals surface area contributed by atoms with E-state index in [1.165, 1.54) is 6.92 Å². The van der Waals surface area contributed by atoms with Crippen molar-refractivity contribution in [2.24, 2.45) is 0 Å². The van der Waals surface area contributed by atoms with Crippen LogP contribution in [0, 0.1) is 13.8 Å². The van der Waals surface area contributed by atoms with Crippen molar-refractivity contribution in [2.45, 2.75) is 26.9 Å². The Morgan fingerprint density at radius 3 is 2.30 bits per heavy atom. The summed E-state index contributed by atoms with van der Waals surface area (Å²) in [5.74, 6) is -0.992. The number of aromatic nitrogens is 2. The SMILES string of the molecule is Cc1nc2ccc(C(=O)OC(C)C(=O)Nc3ccc(Br)cc3)cc2nc1C. The Morgan fingerprint density at radius 2 is 1.63 bits per heavy atom. The third-order valence-electron chi connectivity index (χ3n) is 4.08. The third-order valence-corrected chi connectivity index (χ3v) is 4.60. The molecule has 7 heteroatoms. The second-order valence-electron chi connectivity index (χ2n) is 6.14. The van der Waals surface area contributed by atoms with Crippen molar-refractivity contribution in [3.8, 4) is 0 Å². The molecular formula is C20H18BrN3O3. The molecule has 1 unspecified atom stereocenters. The Labute approximate surface area is 165 Å². The summed E-state index contributed by atoms with van der Waals surface area (Å²) in [4.78, 5) is 33.5. The van der Waals surface area contributed by atoms with Crippen molar-refractivity contribution in [3.63, 3.8) is 0 Å². The van der Waals surface area contributed by atoms with E-state index >= 15 is 0 Å². The number of aryl methyl sites for hydroxylation is 2. The average Bonchev–Trinajstić information content (AvgIpc) is 2.64. The number of anilines is 1. The second kappa shape index (κ2) is 7.84. The monoisotopic (exact) mass is 427 g/mol. The van der Waals surface area contributed by atoms with E-state index in [0.717, 1.165) is 15.9 Å². The molecule has 0 spiro atoms. The van der Waals surface area contributed by atoms with Gasteiger partial charge >= 0.3 is 5.97 Å². The first kappa shape index (κ1) is 19.0. The lowest BCUT2D eigenvalue weighted by atomic mass is 10.2. The normalized spacial score (nSPS) is 11.9. The highest BCUT2D eigenvalue weighted by Gasteiger charge is 2.19. The van der Waals surface area contributed by atoms with E-state index in [1.807, 2.05) is 26.0 Å². The number of hydrogen-bond acceptors (Lipinski definition) is 5. The number of carbonyl (C=O) groups excluding carboxylic acids is 2. The molecule has 1 heterocycles. The quantitative estimate of drug-likeness (QED) is 0.631. The Bertz CT molecular complexity index is 1020. The molecule has 1 N–H and O–H groups in total. The lowest BCUT2D eigenvalue weighted by Gasteiger charge is -2.14. The van der Waals surface area contributed by atoms with E-state index < -0.39 is 18.0 Å². The Balaban J connectivity index is 1.70. The first-order valence-corrected chi connectivity index (χ1v) is 9.15. The standard InChI is InChI=1S/C20H18BrN3O3/c1-11-12(2)23-18-10-14(4-9-17(18)22-11)20(26)27-13(3)19(25)24-16-7-5-15(21)6-8-16/h4-10,13H,1-3H3,(H,24,25). The predicted molar refractivity (Wildman–Crippen MR) is 107 cm³/mol. The Morgan fingerprint density at radius 1 is 1.00 bits per heavy atom. The van der Waals surface area contributed by atoms with Crippen molar-refractivity contribution in [1.82, 2.24) is 9.97 Å². The largest absolute Gasteiger partial charge is 0.449 e. The van der Waals surface area contributed by atoms with E-state index in [4.69, 9.17) is 4.74 Å². The van der Waals surface area contributed by atoms with Crippen LogP contribution < -0.4 is 5.32 Å². The average molecular weight is 428 g/mol. The number of halogens is 1. The minimum atomic E-state index is -0.942. The summed E-state index contributed by atoms with van der Waals surface area (Å²) in [6.45, 7) is 5.28. The number of benzene rings is 2. The molecule has 3 rings (SSSR count). The molecule has 0 aliphatic heterocycles. The minimum absolute atomic E-state index is 0.323. The van der Waals surface area contributed by atoms with E-state index in [9.17, 15) is 9.59 Å². The van der Waals surface area contributed by atoms with Crippen molar-refractivity contribution in [2.75, 3.05) is 5.32 Å². The number of nitrogens with zero attached hydrogens (tertiary/aromatic N) is 2. The third kappa shape index (κ3) is 4.49. The van der Waals surface area contributed by atoms with Gasteiger partial charge in [0.05, 0.1) is 28.0 Å². The highest BCUT2D eigenvalue weighted by atomic mass is 79.9. The molecule has 1 atom stereocenters. The summed E-state index contributed by atoms with van der Waals surface area (Å²) in [6, 6.07) is 12.1. The second-order valence-corrected chi connectivity index (χ2v) is 7.06. The highest BCUT2D eigenvalue weighted by Crippen LogP contribution is 2.17. The first-order valence-electron chi connectivity index (χ1n) is 8.36. The summed E-state index contributed by atoms with van der Waals surface area (Å²) < 4.78 is 6.20. The molecule has 0 fully saturated rings. The zero-order valence-electron chi connectivity index (χ0n) is 15.1. The molecule has 2 aromatic carbocycles. The van der Waals surface area contributed by atoms with Gasteiger partial charge in [-0.2, -0.15) is 0 Å². The van der Waals surface area contributed by atoms with Crippen LogP contribution in [0.4, 0.5) is 5.69 Å². The van der Waals surface area contributed by atoms with Gasteiger partial charge in [-0.3, -0.25) is 4.79 Å². The van der Waals surface area contributed by atoms with Gasteiger partial charge in [-0.15, -0.1) is 0 Å². The molecule has 0 radical (unpaired) electrons. The number of amides is 1. The van der Waals surface area contributed by atoms with Gasteiger partial charge in [-0.05, 0) is 63.2 Å². The fraction of sp³-hybridized carbons (Fsp3) is 0.200. The fourth-order valence-corrected chi connectivity index (χ4v) is 2.68. The van der Waals surface area contributed by atoms with Crippen LogP contribution in [0.3, 0.4) is 0 Å². The number of ether oxygens (including phenoxy) is 1. The molecule has 138 valence electrons. The maximum Gasteiger partial charge on any atom is 0.338 e. The predicted octanol–water partition coefficient (Wildman–Crippen LogP) is 4.19. The van der Waals surface area contributed by atoms with Gasteiger partial charge in [-0.1, -0.05) is 15.9 Å². The zero-order valence-corrected chi connectivity index (χ0v) is 16.7. The first-order chi connectivity index (χ1) is 12.8. The molecule has 1 aromatic heterocycles. The molecule has 3 aromatic rings. The molecule has 0 aliphatic rings. The molecular weight excluding hydrogens is 410 g/mol. The van der Waals surface area contributed by atoms with Gasteiger partial charge in [0, 0.05) is 10.2 Å². The van der Waals surface area contributed by atoms with Crippen LogP contribution in [0.1, 0.15) is 28.7 Å². The van der Waals surface area contributed by atoms with E-state index in [1.54, 1.807) is 30.3 Å². The van der Waals surface area contributed by atoms with Crippen molar-refractivity contribution < 1.29 is 14.3 Å². The van der Waals surface area contributed by atoms with Gasteiger partial charge in [0.2, 0.25) is 0 Å².